The molecule has 0 bridgehead atoms. The van der Waals surface area contributed by atoms with Crippen LogP contribution in [0.15, 0.2) is 12.3 Å². The van der Waals surface area contributed by atoms with Gasteiger partial charge in [0.15, 0.2) is 0 Å². The molecule has 1 aromatic rings. The van der Waals surface area contributed by atoms with E-state index >= 15 is 0 Å². The Balaban J connectivity index is 2.18. The predicted octanol–water partition coefficient (Wildman–Crippen LogP) is 2.91. The Morgan fingerprint density at radius 1 is 1.55 bits per heavy atom. The van der Waals surface area contributed by atoms with E-state index in [1.807, 2.05) is 0 Å². The Bertz CT molecular complexity index is 530. The molecule has 0 aliphatic heterocycles. The third-order valence-electron chi connectivity index (χ3n) is 3.63. The average molecular weight is 298 g/mol. The van der Waals surface area contributed by atoms with Crippen LogP contribution in [0.5, 0.6) is 0 Å². The average Bonchev–Trinajstić information content (AvgIpc) is 2.90. The van der Waals surface area contributed by atoms with Gasteiger partial charge in [0.25, 0.3) is 11.6 Å². The van der Waals surface area contributed by atoms with E-state index in [1.165, 1.54) is 23.8 Å². The van der Waals surface area contributed by atoms with Gasteiger partial charge in [0, 0.05) is 13.6 Å². The molecule has 0 radical (unpaired) electrons. The monoisotopic (exact) mass is 297 g/mol. The summed E-state index contributed by atoms with van der Waals surface area (Å²) in [5, 5.41) is 11.0. The van der Waals surface area contributed by atoms with Crippen LogP contribution in [-0.4, -0.2) is 34.3 Å². The first-order valence-corrected chi connectivity index (χ1v) is 6.92. The summed E-state index contributed by atoms with van der Waals surface area (Å²) in [5.41, 5.74) is -0.312. The van der Waals surface area contributed by atoms with Crippen molar-refractivity contribution in [2.45, 2.75) is 25.7 Å². The first-order chi connectivity index (χ1) is 9.49. The molecule has 1 aromatic heterocycles. The molecule has 2 rings (SSSR count). The number of carbonyl (C=O) groups excluding carboxylic acids is 1. The van der Waals surface area contributed by atoms with Crippen molar-refractivity contribution in [3.8, 4) is 0 Å². The van der Waals surface area contributed by atoms with E-state index in [4.69, 9.17) is 11.6 Å². The second kappa shape index (κ2) is 6.17. The molecule has 1 fully saturated rings. The molecule has 0 spiro atoms. The molecule has 1 amide bonds. The first kappa shape index (κ1) is 14.7. The quantitative estimate of drug-likeness (QED) is 0.486. The molecule has 0 N–H and O–H groups in total. The SMILES string of the molecule is CN(CC1CCCC1)C(=O)c1cc(Cl)ncc1[N+](=O)[O-]. The van der Waals surface area contributed by atoms with E-state index in [1.54, 1.807) is 7.05 Å². The standard InChI is InChI=1S/C13H16ClN3O3/c1-16(8-9-4-2-3-5-9)13(18)10-6-12(14)15-7-11(10)17(19)20/h6-7,9H,2-5,8H2,1H3. The summed E-state index contributed by atoms with van der Waals surface area (Å²) >= 11 is 5.74. The lowest BCUT2D eigenvalue weighted by atomic mass is 10.1. The van der Waals surface area contributed by atoms with Crippen molar-refractivity contribution < 1.29 is 9.72 Å². The number of hydrogen-bond donors (Lipinski definition) is 0. The number of aromatic nitrogens is 1. The lowest BCUT2D eigenvalue weighted by molar-refractivity contribution is -0.385. The smallest absolute Gasteiger partial charge is 0.300 e. The van der Waals surface area contributed by atoms with E-state index in [9.17, 15) is 14.9 Å². The Hall–Kier alpha value is -1.69. The van der Waals surface area contributed by atoms with Crippen LogP contribution in [0.4, 0.5) is 5.69 Å². The third kappa shape index (κ3) is 3.25. The molecule has 0 unspecified atom stereocenters. The minimum atomic E-state index is -0.611. The van der Waals surface area contributed by atoms with Crippen LogP contribution in [0, 0.1) is 16.0 Å². The zero-order chi connectivity index (χ0) is 14.7. The second-order valence-corrected chi connectivity index (χ2v) is 5.50. The molecule has 1 aliphatic rings. The van der Waals surface area contributed by atoms with Gasteiger partial charge >= 0.3 is 0 Å². The highest BCUT2D eigenvalue weighted by molar-refractivity contribution is 6.29. The van der Waals surface area contributed by atoms with Gasteiger partial charge in [-0.25, -0.2) is 4.98 Å². The fourth-order valence-corrected chi connectivity index (χ4v) is 2.77. The highest BCUT2D eigenvalue weighted by Gasteiger charge is 2.26. The fourth-order valence-electron chi connectivity index (χ4n) is 2.61. The number of hydrogen-bond acceptors (Lipinski definition) is 4. The van der Waals surface area contributed by atoms with Gasteiger partial charge in [-0.1, -0.05) is 24.4 Å². The van der Waals surface area contributed by atoms with Gasteiger partial charge in [0.1, 0.15) is 16.9 Å². The zero-order valence-electron chi connectivity index (χ0n) is 11.2. The maximum atomic E-state index is 12.3. The number of pyridine rings is 1. The molecule has 0 atom stereocenters. The third-order valence-corrected chi connectivity index (χ3v) is 3.84. The summed E-state index contributed by atoms with van der Waals surface area (Å²) in [7, 11) is 1.67. The van der Waals surface area contributed by atoms with Gasteiger partial charge in [-0.05, 0) is 24.8 Å². The molecule has 108 valence electrons. The Morgan fingerprint density at radius 3 is 2.80 bits per heavy atom. The summed E-state index contributed by atoms with van der Waals surface area (Å²) in [4.78, 5) is 27.9. The van der Waals surface area contributed by atoms with E-state index in [-0.39, 0.29) is 22.3 Å². The van der Waals surface area contributed by atoms with E-state index in [0.717, 1.165) is 19.0 Å². The molecule has 1 saturated carbocycles. The molecule has 20 heavy (non-hydrogen) atoms. The van der Waals surface area contributed by atoms with Crippen LogP contribution >= 0.6 is 11.6 Å². The fraction of sp³-hybridized carbons (Fsp3) is 0.538. The molecule has 7 heteroatoms. The van der Waals surface area contributed by atoms with Crippen molar-refractivity contribution in [3.05, 3.63) is 33.1 Å². The van der Waals surface area contributed by atoms with Gasteiger partial charge in [-0.2, -0.15) is 0 Å². The molecule has 6 nitrogen and oxygen atoms in total. The maximum absolute atomic E-state index is 12.3. The molecular weight excluding hydrogens is 282 g/mol. The van der Waals surface area contributed by atoms with Crippen LogP contribution in [0.25, 0.3) is 0 Å². The summed E-state index contributed by atoms with van der Waals surface area (Å²) in [6.07, 6.45) is 5.62. The molecule has 0 saturated heterocycles. The number of nitrogens with zero attached hydrogens (tertiary/aromatic N) is 3. The summed E-state index contributed by atoms with van der Waals surface area (Å²) in [6, 6.07) is 1.26. The number of amides is 1. The van der Waals surface area contributed by atoms with Crippen molar-refractivity contribution in [2.75, 3.05) is 13.6 Å². The number of rotatable bonds is 4. The van der Waals surface area contributed by atoms with E-state index in [2.05, 4.69) is 4.98 Å². The van der Waals surface area contributed by atoms with Crippen LogP contribution in [0.2, 0.25) is 5.15 Å². The Morgan fingerprint density at radius 2 is 2.20 bits per heavy atom. The van der Waals surface area contributed by atoms with Crippen molar-refractivity contribution in [1.29, 1.82) is 0 Å². The highest BCUT2D eigenvalue weighted by atomic mass is 35.5. The Kier molecular flexibility index (Phi) is 4.54. The summed E-state index contributed by atoms with van der Waals surface area (Å²) < 4.78 is 0. The van der Waals surface area contributed by atoms with Gasteiger partial charge in [0.05, 0.1) is 4.92 Å². The molecule has 1 heterocycles. The van der Waals surface area contributed by atoms with Crippen molar-refractivity contribution >= 4 is 23.2 Å². The summed E-state index contributed by atoms with van der Waals surface area (Å²) in [6.45, 7) is 0.621. The van der Waals surface area contributed by atoms with Gasteiger partial charge in [0.2, 0.25) is 0 Å². The number of halogens is 1. The summed E-state index contributed by atoms with van der Waals surface area (Å²) in [5.74, 6) is 0.105. The minimum Gasteiger partial charge on any atom is -0.341 e. The second-order valence-electron chi connectivity index (χ2n) is 5.12. The zero-order valence-corrected chi connectivity index (χ0v) is 12.0. The minimum absolute atomic E-state index is 0.00417. The first-order valence-electron chi connectivity index (χ1n) is 6.54. The van der Waals surface area contributed by atoms with Crippen LogP contribution in [0.1, 0.15) is 36.0 Å². The molecular formula is C13H16ClN3O3. The van der Waals surface area contributed by atoms with Crippen LogP contribution in [-0.2, 0) is 0 Å². The molecule has 0 aromatic carbocycles. The van der Waals surface area contributed by atoms with Crippen molar-refractivity contribution in [1.82, 2.24) is 9.88 Å². The van der Waals surface area contributed by atoms with Crippen molar-refractivity contribution in [2.24, 2.45) is 5.92 Å². The van der Waals surface area contributed by atoms with Crippen molar-refractivity contribution in [3.63, 3.8) is 0 Å². The number of carbonyl (C=O) groups is 1. The lowest BCUT2D eigenvalue weighted by Crippen LogP contribution is -2.31. The highest BCUT2D eigenvalue weighted by Crippen LogP contribution is 2.27. The van der Waals surface area contributed by atoms with Crippen LogP contribution in [0.3, 0.4) is 0 Å². The maximum Gasteiger partial charge on any atom is 0.300 e. The number of nitro groups is 1. The van der Waals surface area contributed by atoms with Gasteiger partial charge < -0.3 is 4.90 Å². The predicted molar refractivity (Wildman–Crippen MR) is 74.8 cm³/mol. The van der Waals surface area contributed by atoms with E-state index < -0.39 is 4.92 Å². The largest absolute Gasteiger partial charge is 0.341 e. The van der Waals surface area contributed by atoms with Crippen LogP contribution < -0.4 is 0 Å². The van der Waals surface area contributed by atoms with E-state index in [0.29, 0.717) is 12.5 Å². The normalized spacial score (nSPS) is 15.3. The lowest BCUT2D eigenvalue weighted by Gasteiger charge is -2.21. The Labute approximate surface area is 121 Å². The van der Waals surface area contributed by atoms with Gasteiger partial charge in [-0.3, -0.25) is 14.9 Å². The topological polar surface area (TPSA) is 76.3 Å². The molecule has 1 aliphatic carbocycles. The van der Waals surface area contributed by atoms with Gasteiger partial charge in [-0.15, -0.1) is 0 Å².